The van der Waals surface area contributed by atoms with Gasteiger partial charge in [-0.15, -0.1) is 0 Å². The molecule has 1 atom stereocenters. The van der Waals surface area contributed by atoms with Crippen LogP contribution in [0.5, 0.6) is 0 Å². The van der Waals surface area contributed by atoms with Crippen LogP contribution < -0.4 is 0 Å². The first kappa shape index (κ1) is 17.7. The summed E-state index contributed by atoms with van der Waals surface area (Å²) in [6.45, 7) is 4.71. The molecular formula is C22H26N4O. The van der Waals surface area contributed by atoms with Gasteiger partial charge < -0.3 is 9.47 Å². The molecule has 0 bridgehead atoms. The zero-order chi connectivity index (χ0) is 18.6. The lowest BCUT2D eigenvalue weighted by molar-refractivity contribution is -0.130. The minimum atomic E-state index is 0.270. The number of carbonyl (C=O) groups excluding carboxylic acids is 1. The third-order valence-electron chi connectivity index (χ3n) is 5.48. The van der Waals surface area contributed by atoms with Crippen LogP contribution >= 0.6 is 0 Å². The molecule has 0 unspecified atom stereocenters. The number of amides is 1. The van der Waals surface area contributed by atoms with E-state index in [1.165, 1.54) is 5.56 Å². The first-order chi connectivity index (χ1) is 13.2. The summed E-state index contributed by atoms with van der Waals surface area (Å²) in [5.74, 6) is 1.84. The van der Waals surface area contributed by atoms with E-state index in [1.807, 2.05) is 41.4 Å². The summed E-state index contributed by atoms with van der Waals surface area (Å²) in [5, 5.41) is 0. The Morgan fingerprint density at radius 2 is 2.04 bits per heavy atom. The van der Waals surface area contributed by atoms with Crippen LogP contribution in [-0.2, 0) is 24.2 Å². The maximum absolute atomic E-state index is 12.6. The standard InChI is InChI=1S/C22H26N4O/c1-2-26-20(24-19-9-6-13-23-22(19)26)15-18-12-14-25(16-18)21(27)11-10-17-7-4-3-5-8-17/h3-9,13,18H,2,10-12,14-16H2,1H3/t18-/m0/s1. The SMILES string of the molecule is CCn1c(C[C@@H]2CCN(C(=O)CCc3ccccc3)C2)nc2cccnc21. The van der Waals surface area contributed by atoms with E-state index >= 15 is 0 Å². The number of rotatable bonds is 6. The quantitative estimate of drug-likeness (QED) is 0.675. The second-order valence-corrected chi connectivity index (χ2v) is 7.30. The topological polar surface area (TPSA) is 51.0 Å². The van der Waals surface area contributed by atoms with E-state index in [2.05, 4.69) is 28.6 Å². The van der Waals surface area contributed by atoms with E-state index < -0.39 is 0 Å². The van der Waals surface area contributed by atoms with E-state index in [-0.39, 0.29) is 5.91 Å². The Morgan fingerprint density at radius 3 is 2.85 bits per heavy atom. The van der Waals surface area contributed by atoms with Gasteiger partial charge in [-0.05, 0) is 43.4 Å². The molecule has 1 amide bonds. The van der Waals surface area contributed by atoms with Crippen LogP contribution in [0.25, 0.3) is 11.2 Å². The van der Waals surface area contributed by atoms with E-state index in [0.29, 0.717) is 12.3 Å². The van der Waals surface area contributed by atoms with Crippen LogP contribution in [0.4, 0.5) is 0 Å². The zero-order valence-electron chi connectivity index (χ0n) is 15.8. The molecule has 2 aromatic heterocycles. The third kappa shape index (κ3) is 3.87. The van der Waals surface area contributed by atoms with Crippen molar-refractivity contribution in [2.75, 3.05) is 13.1 Å². The molecule has 1 fully saturated rings. The molecule has 27 heavy (non-hydrogen) atoms. The Balaban J connectivity index is 1.36. The van der Waals surface area contributed by atoms with Crippen molar-refractivity contribution < 1.29 is 4.79 Å². The summed E-state index contributed by atoms with van der Waals surface area (Å²) in [7, 11) is 0. The average molecular weight is 362 g/mol. The summed E-state index contributed by atoms with van der Waals surface area (Å²) >= 11 is 0. The fourth-order valence-electron chi connectivity index (χ4n) is 4.03. The molecule has 4 rings (SSSR count). The van der Waals surface area contributed by atoms with Gasteiger partial charge in [-0.25, -0.2) is 9.97 Å². The van der Waals surface area contributed by atoms with Gasteiger partial charge in [-0.1, -0.05) is 30.3 Å². The number of nitrogens with zero attached hydrogens (tertiary/aromatic N) is 4. The lowest BCUT2D eigenvalue weighted by atomic mass is 10.0. The van der Waals surface area contributed by atoms with Crippen LogP contribution in [0.15, 0.2) is 48.7 Å². The molecule has 3 aromatic rings. The summed E-state index contributed by atoms with van der Waals surface area (Å²) in [6.07, 6.45) is 5.19. The Kier molecular flexibility index (Phi) is 5.19. The molecule has 1 saturated heterocycles. The van der Waals surface area contributed by atoms with Crippen LogP contribution in [0.1, 0.15) is 31.2 Å². The fraction of sp³-hybridized carbons (Fsp3) is 0.409. The van der Waals surface area contributed by atoms with Gasteiger partial charge in [0.1, 0.15) is 11.3 Å². The van der Waals surface area contributed by atoms with Crippen molar-refractivity contribution in [1.29, 1.82) is 0 Å². The highest BCUT2D eigenvalue weighted by molar-refractivity contribution is 5.76. The second kappa shape index (κ2) is 7.91. The van der Waals surface area contributed by atoms with Gasteiger partial charge in [-0.2, -0.15) is 0 Å². The van der Waals surface area contributed by atoms with Gasteiger partial charge in [0, 0.05) is 38.7 Å². The van der Waals surface area contributed by atoms with Gasteiger partial charge in [0.05, 0.1) is 0 Å². The molecule has 0 spiro atoms. The van der Waals surface area contributed by atoms with Gasteiger partial charge in [0.2, 0.25) is 5.91 Å². The Bertz CT molecular complexity index is 918. The molecule has 5 nitrogen and oxygen atoms in total. The predicted octanol–water partition coefficient (Wildman–Crippen LogP) is 3.48. The maximum Gasteiger partial charge on any atom is 0.222 e. The first-order valence-corrected chi connectivity index (χ1v) is 9.86. The molecule has 3 heterocycles. The molecule has 1 aromatic carbocycles. The number of imidazole rings is 1. The number of aryl methyl sites for hydroxylation is 2. The molecule has 0 aliphatic carbocycles. The second-order valence-electron chi connectivity index (χ2n) is 7.30. The highest BCUT2D eigenvalue weighted by atomic mass is 16.2. The monoisotopic (exact) mass is 362 g/mol. The largest absolute Gasteiger partial charge is 0.342 e. The molecule has 0 saturated carbocycles. The van der Waals surface area contributed by atoms with E-state index in [0.717, 1.165) is 55.9 Å². The molecule has 5 heteroatoms. The van der Waals surface area contributed by atoms with Crippen molar-refractivity contribution >= 4 is 17.1 Å². The number of hydrogen-bond acceptors (Lipinski definition) is 3. The van der Waals surface area contributed by atoms with E-state index in [4.69, 9.17) is 4.98 Å². The number of carbonyl (C=O) groups is 1. The number of likely N-dealkylation sites (tertiary alicyclic amines) is 1. The number of pyridine rings is 1. The third-order valence-corrected chi connectivity index (χ3v) is 5.48. The van der Waals surface area contributed by atoms with Gasteiger partial charge in [0.15, 0.2) is 5.65 Å². The number of aromatic nitrogens is 3. The average Bonchev–Trinajstić information content (AvgIpc) is 3.31. The summed E-state index contributed by atoms with van der Waals surface area (Å²) in [4.78, 5) is 23.9. The van der Waals surface area contributed by atoms with E-state index in [1.54, 1.807) is 0 Å². The summed E-state index contributed by atoms with van der Waals surface area (Å²) < 4.78 is 2.20. The Morgan fingerprint density at radius 1 is 1.19 bits per heavy atom. The molecule has 1 aliphatic heterocycles. The number of benzene rings is 1. The maximum atomic E-state index is 12.6. The van der Waals surface area contributed by atoms with Crippen molar-refractivity contribution in [1.82, 2.24) is 19.4 Å². The summed E-state index contributed by atoms with van der Waals surface area (Å²) in [5.41, 5.74) is 3.15. The molecule has 140 valence electrons. The smallest absolute Gasteiger partial charge is 0.222 e. The minimum Gasteiger partial charge on any atom is -0.342 e. The van der Waals surface area contributed by atoms with Gasteiger partial charge in [0.25, 0.3) is 0 Å². The molecule has 0 N–H and O–H groups in total. The highest BCUT2D eigenvalue weighted by Crippen LogP contribution is 2.23. The molecule has 0 radical (unpaired) electrons. The fourth-order valence-corrected chi connectivity index (χ4v) is 4.03. The lowest BCUT2D eigenvalue weighted by Gasteiger charge is -2.17. The van der Waals surface area contributed by atoms with Gasteiger partial charge in [-0.3, -0.25) is 4.79 Å². The van der Waals surface area contributed by atoms with E-state index in [9.17, 15) is 4.79 Å². The van der Waals surface area contributed by atoms with Crippen molar-refractivity contribution in [2.45, 2.75) is 39.2 Å². The van der Waals surface area contributed by atoms with Crippen molar-refractivity contribution in [2.24, 2.45) is 5.92 Å². The number of fused-ring (bicyclic) bond motifs is 1. The van der Waals surface area contributed by atoms with Gasteiger partial charge >= 0.3 is 0 Å². The zero-order valence-corrected chi connectivity index (χ0v) is 15.8. The van der Waals surface area contributed by atoms with Crippen molar-refractivity contribution in [3.05, 3.63) is 60.0 Å². The highest BCUT2D eigenvalue weighted by Gasteiger charge is 2.27. The first-order valence-electron chi connectivity index (χ1n) is 9.86. The van der Waals surface area contributed by atoms with Crippen LogP contribution in [0, 0.1) is 5.92 Å². The Labute approximate surface area is 160 Å². The van der Waals surface area contributed by atoms with Crippen LogP contribution in [0.3, 0.4) is 0 Å². The molecule has 1 aliphatic rings. The number of hydrogen-bond donors (Lipinski definition) is 0. The lowest BCUT2D eigenvalue weighted by Crippen LogP contribution is -2.29. The van der Waals surface area contributed by atoms with Crippen LogP contribution in [0.2, 0.25) is 0 Å². The minimum absolute atomic E-state index is 0.270. The van der Waals surface area contributed by atoms with Crippen molar-refractivity contribution in [3.63, 3.8) is 0 Å². The normalized spacial score (nSPS) is 16.9. The Hall–Kier alpha value is -2.69. The van der Waals surface area contributed by atoms with Crippen LogP contribution in [-0.4, -0.2) is 38.4 Å². The van der Waals surface area contributed by atoms with Crippen molar-refractivity contribution in [3.8, 4) is 0 Å². The molecular weight excluding hydrogens is 336 g/mol. The summed E-state index contributed by atoms with van der Waals surface area (Å²) in [6, 6.07) is 14.2. The predicted molar refractivity (Wildman–Crippen MR) is 106 cm³/mol.